The summed E-state index contributed by atoms with van der Waals surface area (Å²) < 4.78 is 36.4. The van der Waals surface area contributed by atoms with Gasteiger partial charge in [0, 0.05) is 25.3 Å². The molecule has 1 atom stereocenters. The number of rotatable bonds is 7. The zero-order valence-electron chi connectivity index (χ0n) is 14.7. The molecule has 0 aliphatic carbocycles. The lowest BCUT2D eigenvalue weighted by Crippen LogP contribution is -2.37. The number of halogens is 1. The number of benzene rings is 1. The predicted molar refractivity (Wildman–Crippen MR) is 101 cm³/mol. The van der Waals surface area contributed by atoms with Crippen molar-refractivity contribution >= 4 is 21.6 Å². The fourth-order valence-corrected chi connectivity index (χ4v) is 4.89. The molecule has 140 valence electrons. The molecule has 1 fully saturated rings. The molecular weight excluding hydrogens is 355 g/mol. The Balaban J connectivity index is 1.62. The molecular formula is C18H23FN4O2S. The maximum atomic E-state index is 12.9. The monoisotopic (exact) mass is 378 g/mol. The fourth-order valence-electron chi connectivity index (χ4n) is 3.16. The molecule has 8 heteroatoms. The Kier molecular flexibility index (Phi) is 5.70. The van der Waals surface area contributed by atoms with E-state index in [4.69, 9.17) is 0 Å². The van der Waals surface area contributed by atoms with Crippen molar-refractivity contribution in [2.75, 3.05) is 34.8 Å². The number of nitrogens with one attached hydrogen (secondary N) is 1. The number of hydrogen-bond donors (Lipinski definition) is 1. The molecule has 3 rings (SSSR count). The molecule has 0 bridgehead atoms. The summed E-state index contributed by atoms with van der Waals surface area (Å²) in [5.41, 5.74) is 1.04. The molecule has 1 aliphatic heterocycles. The number of sulfone groups is 1. The van der Waals surface area contributed by atoms with Crippen molar-refractivity contribution in [3.63, 3.8) is 0 Å². The molecule has 1 N–H and O–H groups in total. The van der Waals surface area contributed by atoms with E-state index in [-0.39, 0.29) is 23.4 Å². The molecule has 0 amide bonds. The third-order valence-corrected chi connectivity index (χ3v) is 6.27. The van der Waals surface area contributed by atoms with E-state index in [1.54, 1.807) is 24.4 Å². The highest BCUT2D eigenvalue weighted by Crippen LogP contribution is 2.22. The van der Waals surface area contributed by atoms with E-state index >= 15 is 0 Å². The first kappa shape index (κ1) is 18.6. The zero-order valence-corrected chi connectivity index (χ0v) is 15.5. The molecule has 2 heterocycles. The summed E-state index contributed by atoms with van der Waals surface area (Å²) >= 11 is 0. The lowest BCUT2D eigenvalue weighted by atomic mass is 10.1. The van der Waals surface area contributed by atoms with Crippen molar-refractivity contribution < 1.29 is 12.8 Å². The minimum atomic E-state index is -2.96. The molecule has 26 heavy (non-hydrogen) atoms. The highest BCUT2D eigenvalue weighted by molar-refractivity contribution is 7.91. The van der Waals surface area contributed by atoms with Gasteiger partial charge in [0.1, 0.15) is 11.6 Å². The fraction of sp³-hybridized carbons (Fsp3) is 0.444. The van der Waals surface area contributed by atoms with Crippen molar-refractivity contribution in [1.82, 2.24) is 9.97 Å². The van der Waals surface area contributed by atoms with Gasteiger partial charge in [-0.05, 0) is 43.5 Å². The quantitative estimate of drug-likeness (QED) is 0.797. The number of anilines is 2. The van der Waals surface area contributed by atoms with Crippen LogP contribution in [0.4, 0.5) is 16.2 Å². The topological polar surface area (TPSA) is 75.2 Å². The van der Waals surface area contributed by atoms with Gasteiger partial charge in [-0.15, -0.1) is 0 Å². The van der Waals surface area contributed by atoms with Gasteiger partial charge < -0.3 is 10.2 Å². The lowest BCUT2D eigenvalue weighted by Gasteiger charge is -2.26. The second-order valence-electron chi connectivity index (χ2n) is 6.39. The highest BCUT2D eigenvalue weighted by Gasteiger charge is 2.32. The molecule has 1 aromatic heterocycles. The number of hydrogen-bond acceptors (Lipinski definition) is 6. The van der Waals surface area contributed by atoms with Gasteiger partial charge in [-0.2, -0.15) is 4.98 Å². The second kappa shape index (κ2) is 7.99. The minimum absolute atomic E-state index is 0.0699. The molecule has 1 aromatic carbocycles. The van der Waals surface area contributed by atoms with Crippen molar-refractivity contribution in [2.24, 2.45) is 0 Å². The van der Waals surface area contributed by atoms with Gasteiger partial charge >= 0.3 is 0 Å². The van der Waals surface area contributed by atoms with Crippen molar-refractivity contribution in [2.45, 2.75) is 25.8 Å². The van der Waals surface area contributed by atoms with Crippen molar-refractivity contribution in [1.29, 1.82) is 0 Å². The Hall–Kier alpha value is -2.22. The van der Waals surface area contributed by atoms with E-state index in [9.17, 15) is 12.8 Å². The average molecular weight is 378 g/mol. The minimum Gasteiger partial charge on any atom is -0.370 e. The Morgan fingerprint density at radius 2 is 2.04 bits per heavy atom. The SMILES string of the molecule is CCN(c1nccc(NCCc2ccc(F)cc2)n1)C1CCS(=O)(=O)C1. The van der Waals surface area contributed by atoms with Gasteiger partial charge in [0.05, 0.1) is 11.5 Å². The molecule has 6 nitrogen and oxygen atoms in total. The van der Waals surface area contributed by atoms with E-state index in [0.717, 1.165) is 12.0 Å². The zero-order chi connectivity index (χ0) is 18.6. The first-order valence-electron chi connectivity index (χ1n) is 8.75. The second-order valence-corrected chi connectivity index (χ2v) is 8.62. The maximum absolute atomic E-state index is 12.9. The normalized spacial score (nSPS) is 18.6. The van der Waals surface area contributed by atoms with Gasteiger partial charge in [0.2, 0.25) is 5.95 Å². The summed E-state index contributed by atoms with van der Waals surface area (Å²) in [7, 11) is -2.96. The Bertz CT molecular complexity index is 843. The summed E-state index contributed by atoms with van der Waals surface area (Å²) in [4.78, 5) is 10.8. The molecule has 0 saturated carbocycles. The molecule has 0 radical (unpaired) electrons. The summed E-state index contributed by atoms with van der Waals surface area (Å²) in [6.07, 6.45) is 3.04. The van der Waals surface area contributed by atoms with Crippen LogP contribution in [0, 0.1) is 5.82 Å². The van der Waals surface area contributed by atoms with E-state index in [2.05, 4.69) is 15.3 Å². The standard InChI is InChI=1S/C18H23FN4O2S/c1-2-23(16-9-12-26(24,25)13-16)18-21-11-8-17(22-18)20-10-7-14-3-5-15(19)6-4-14/h3-6,8,11,16H,2,7,9-10,12-13H2,1H3,(H,20,21,22). The first-order chi connectivity index (χ1) is 12.5. The summed E-state index contributed by atoms with van der Waals surface area (Å²) in [5, 5.41) is 3.24. The summed E-state index contributed by atoms with van der Waals surface area (Å²) in [5.74, 6) is 1.38. The van der Waals surface area contributed by atoms with Crippen LogP contribution in [0.5, 0.6) is 0 Å². The van der Waals surface area contributed by atoms with Crippen LogP contribution in [0.3, 0.4) is 0 Å². The van der Waals surface area contributed by atoms with Crippen LogP contribution in [0.25, 0.3) is 0 Å². The average Bonchev–Trinajstić information content (AvgIpc) is 2.97. The van der Waals surface area contributed by atoms with E-state index < -0.39 is 9.84 Å². The number of nitrogens with zero attached hydrogens (tertiary/aromatic N) is 3. The van der Waals surface area contributed by atoms with Crippen LogP contribution in [-0.2, 0) is 16.3 Å². The largest absolute Gasteiger partial charge is 0.370 e. The molecule has 1 aliphatic rings. The Morgan fingerprint density at radius 1 is 1.27 bits per heavy atom. The van der Waals surface area contributed by atoms with E-state index in [0.29, 0.717) is 31.3 Å². The Labute approximate surface area is 153 Å². The smallest absolute Gasteiger partial charge is 0.227 e. The van der Waals surface area contributed by atoms with Crippen LogP contribution < -0.4 is 10.2 Å². The third kappa shape index (κ3) is 4.69. The molecule has 2 aromatic rings. The first-order valence-corrected chi connectivity index (χ1v) is 10.6. The van der Waals surface area contributed by atoms with Gasteiger partial charge in [0.25, 0.3) is 0 Å². The predicted octanol–water partition coefficient (Wildman–Crippen LogP) is 2.28. The van der Waals surface area contributed by atoms with Crippen LogP contribution >= 0.6 is 0 Å². The van der Waals surface area contributed by atoms with Gasteiger partial charge in [-0.1, -0.05) is 12.1 Å². The van der Waals surface area contributed by atoms with Crippen LogP contribution in [0.15, 0.2) is 36.5 Å². The number of aromatic nitrogens is 2. The molecule has 0 spiro atoms. The highest BCUT2D eigenvalue weighted by atomic mass is 32.2. The summed E-state index contributed by atoms with van der Waals surface area (Å²) in [6, 6.07) is 8.15. The van der Waals surface area contributed by atoms with Crippen molar-refractivity contribution in [3.8, 4) is 0 Å². The third-order valence-electron chi connectivity index (χ3n) is 4.52. The maximum Gasteiger partial charge on any atom is 0.227 e. The van der Waals surface area contributed by atoms with Crippen LogP contribution in [0.2, 0.25) is 0 Å². The van der Waals surface area contributed by atoms with Gasteiger partial charge in [-0.3, -0.25) is 0 Å². The van der Waals surface area contributed by atoms with Gasteiger partial charge in [0.15, 0.2) is 9.84 Å². The van der Waals surface area contributed by atoms with Crippen molar-refractivity contribution in [3.05, 3.63) is 47.9 Å². The lowest BCUT2D eigenvalue weighted by molar-refractivity contribution is 0.599. The van der Waals surface area contributed by atoms with Crippen LogP contribution in [0.1, 0.15) is 18.9 Å². The Morgan fingerprint density at radius 3 is 2.69 bits per heavy atom. The van der Waals surface area contributed by atoms with E-state index in [1.807, 2.05) is 11.8 Å². The molecule has 1 unspecified atom stereocenters. The molecule has 1 saturated heterocycles. The van der Waals surface area contributed by atoms with E-state index in [1.165, 1.54) is 12.1 Å². The summed E-state index contributed by atoms with van der Waals surface area (Å²) in [6.45, 7) is 3.29. The van der Waals surface area contributed by atoms with Gasteiger partial charge in [-0.25, -0.2) is 17.8 Å². The van der Waals surface area contributed by atoms with Crippen LogP contribution in [-0.4, -0.2) is 49.0 Å².